The summed E-state index contributed by atoms with van der Waals surface area (Å²) in [6.07, 6.45) is 1.59. The van der Waals surface area contributed by atoms with Crippen molar-refractivity contribution in [1.82, 2.24) is 9.78 Å². The van der Waals surface area contributed by atoms with E-state index < -0.39 is 0 Å². The Balaban J connectivity index is 2.37. The van der Waals surface area contributed by atoms with E-state index in [-0.39, 0.29) is 22.5 Å². The maximum Gasteiger partial charge on any atom is 0.188 e. The number of rotatable bonds is 3. The molecule has 2 rings (SSSR count). The van der Waals surface area contributed by atoms with Crippen molar-refractivity contribution in [1.29, 1.82) is 0 Å². The summed E-state index contributed by atoms with van der Waals surface area (Å²) in [6, 6.07) is 0. The molecule has 4 heteroatoms. The number of aromatic nitrogens is 2. The van der Waals surface area contributed by atoms with Gasteiger partial charge in [0.15, 0.2) is 11.5 Å². The number of carbonyl (C=O) groups excluding carboxylic acids is 1. The standard InChI is InChI=1S/C13H20N2O2/c1-12(2)11(13(12,3)4)10(16)9-8(17-6)7-14-15(9)5/h7,11H,1-6H3. The summed E-state index contributed by atoms with van der Waals surface area (Å²) in [4.78, 5) is 12.6. The lowest BCUT2D eigenvalue weighted by Crippen LogP contribution is -2.13. The Hall–Kier alpha value is -1.32. The first-order chi connectivity index (χ1) is 7.75. The lowest BCUT2D eigenvalue weighted by atomic mass is 10.0. The normalized spacial score (nSPS) is 21.3. The van der Waals surface area contributed by atoms with Gasteiger partial charge < -0.3 is 4.74 Å². The van der Waals surface area contributed by atoms with E-state index in [1.165, 1.54) is 0 Å². The van der Waals surface area contributed by atoms with Crippen molar-refractivity contribution < 1.29 is 9.53 Å². The summed E-state index contributed by atoms with van der Waals surface area (Å²) in [7, 11) is 3.34. The lowest BCUT2D eigenvalue weighted by molar-refractivity contribution is 0.0932. The van der Waals surface area contributed by atoms with Crippen molar-refractivity contribution in [2.45, 2.75) is 27.7 Å². The average Bonchev–Trinajstić information content (AvgIpc) is 2.55. The van der Waals surface area contributed by atoms with Gasteiger partial charge in [0.1, 0.15) is 5.69 Å². The van der Waals surface area contributed by atoms with Crippen LogP contribution >= 0.6 is 0 Å². The molecule has 4 nitrogen and oxygen atoms in total. The van der Waals surface area contributed by atoms with Crippen LogP contribution in [0.3, 0.4) is 0 Å². The molecule has 0 aliphatic heterocycles. The summed E-state index contributed by atoms with van der Waals surface area (Å²) in [5.41, 5.74) is 0.662. The molecule has 94 valence electrons. The molecule has 1 aliphatic rings. The van der Waals surface area contributed by atoms with Crippen LogP contribution in [-0.4, -0.2) is 22.7 Å². The molecule has 1 aromatic rings. The van der Waals surface area contributed by atoms with Crippen LogP contribution < -0.4 is 4.74 Å². The molecule has 1 aromatic heterocycles. The molecule has 0 N–H and O–H groups in total. The van der Waals surface area contributed by atoms with Gasteiger partial charge in [0.25, 0.3) is 0 Å². The first-order valence-electron chi connectivity index (χ1n) is 5.85. The smallest absolute Gasteiger partial charge is 0.188 e. The van der Waals surface area contributed by atoms with Gasteiger partial charge in [0.2, 0.25) is 0 Å². The molecule has 0 spiro atoms. The van der Waals surface area contributed by atoms with Gasteiger partial charge in [-0.05, 0) is 10.8 Å². The van der Waals surface area contributed by atoms with Crippen LogP contribution in [0, 0.1) is 16.7 Å². The Morgan fingerprint density at radius 3 is 2.29 bits per heavy atom. The minimum Gasteiger partial charge on any atom is -0.493 e. The SMILES string of the molecule is COc1cnn(C)c1C(=O)C1C(C)(C)C1(C)C. The second-order valence-corrected chi connectivity index (χ2v) is 5.93. The topological polar surface area (TPSA) is 44.1 Å². The average molecular weight is 236 g/mol. The summed E-state index contributed by atoms with van der Waals surface area (Å²) >= 11 is 0. The third kappa shape index (κ3) is 1.43. The maximum atomic E-state index is 12.6. The van der Waals surface area contributed by atoms with Crippen molar-refractivity contribution in [3.63, 3.8) is 0 Å². The minimum atomic E-state index is 0.0410. The van der Waals surface area contributed by atoms with Gasteiger partial charge in [-0.2, -0.15) is 5.10 Å². The highest BCUT2D eigenvalue weighted by molar-refractivity contribution is 6.01. The summed E-state index contributed by atoms with van der Waals surface area (Å²) in [5, 5.41) is 4.09. The molecule has 0 radical (unpaired) electrons. The van der Waals surface area contributed by atoms with E-state index in [1.54, 1.807) is 25.0 Å². The number of Topliss-reactive ketones (excluding diaryl/α,β-unsaturated/α-hetero) is 1. The molecule has 17 heavy (non-hydrogen) atoms. The fraction of sp³-hybridized carbons (Fsp3) is 0.692. The Bertz CT molecular complexity index is 458. The summed E-state index contributed by atoms with van der Waals surface area (Å²) in [6.45, 7) is 8.55. The van der Waals surface area contributed by atoms with E-state index in [0.717, 1.165) is 0 Å². The van der Waals surface area contributed by atoms with Gasteiger partial charge in [0.05, 0.1) is 13.3 Å². The monoisotopic (exact) mass is 236 g/mol. The van der Waals surface area contributed by atoms with E-state index in [1.807, 2.05) is 0 Å². The highest BCUT2D eigenvalue weighted by Crippen LogP contribution is 2.69. The van der Waals surface area contributed by atoms with E-state index in [0.29, 0.717) is 11.4 Å². The quantitative estimate of drug-likeness (QED) is 0.756. The molecular weight excluding hydrogens is 216 g/mol. The number of nitrogens with zero attached hydrogens (tertiary/aromatic N) is 2. The molecule has 0 bridgehead atoms. The first-order valence-corrected chi connectivity index (χ1v) is 5.85. The molecule has 0 amide bonds. The Labute approximate surface area is 102 Å². The van der Waals surface area contributed by atoms with E-state index in [2.05, 4.69) is 32.8 Å². The van der Waals surface area contributed by atoms with Gasteiger partial charge in [0, 0.05) is 13.0 Å². The number of hydrogen-bond donors (Lipinski definition) is 0. The Kier molecular flexibility index (Phi) is 2.39. The molecule has 0 unspecified atom stereocenters. The largest absolute Gasteiger partial charge is 0.493 e. The number of carbonyl (C=O) groups is 1. The number of aryl methyl sites for hydroxylation is 1. The first kappa shape index (κ1) is 12.1. The lowest BCUT2D eigenvalue weighted by Gasteiger charge is -2.05. The zero-order valence-electron chi connectivity index (χ0n) is 11.4. The van der Waals surface area contributed by atoms with Crippen LogP contribution in [0.4, 0.5) is 0 Å². The van der Waals surface area contributed by atoms with Crippen LogP contribution in [0.25, 0.3) is 0 Å². The summed E-state index contributed by atoms with van der Waals surface area (Å²) in [5.74, 6) is 0.743. The molecule has 0 atom stereocenters. The van der Waals surface area contributed by atoms with E-state index >= 15 is 0 Å². The van der Waals surface area contributed by atoms with Crippen LogP contribution in [0.1, 0.15) is 38.2 Å². The molecule has 1 saturated carbocycles. The number of ketones is 1. The van der Waals surface area contributed by atoms with Crippen LogP contribution in [-0.2, 0) is 7.05 Å². The third-order valence-electron chi connectivity index (χ3n) is 4.64. The van der Waals surface area contributed by atoms with Crippen LogP contribution in [0.15, 0.2) is 6.20 Å². The van der Waals surface area contributed by atoms with Crippen LogP contribution in [0.5, 0.6) is 5.75 Å². The minimum absolute atomic E-state index is 0.0410. The fourth-order valence-electron chi connectivity index (χ4n) is 2.84. The number of methoxy groups -OCH3 is 1. The maximum absolute atomic E-state index is 12.6. The van der Waals surface area contributed by atoms with Crippen molar-refractivity contribution in [3.05, 3.63) is 11.9 Å². The molecule has 1 heterocycles. The number of ether oxygens (including phenoxy) is 1. The molecule has 1 fully saturated rings. The number of hydrogen-bond acceptors (Lipinski definition) is 3. The van der Waals surface area contributed by atoms with Gasteiger partial charge in [-0.25, -0.2) is 0 Å². The Morgan fingerprint density at radius 2 is 1.88 bits per heavy atom. The molecule has 0 saturated heterocycles. The zero-order chi connectivity index (χ0) is 13.0. The molecule has 1 aliphatic carbocycles. The van der Waals surface area contributed by atoms with E-state index in [9.17, 15) is 4.79 Å². The predicted molar refractivity (Wildman–Crippen MR) is 65.1 cm³/mol. The van der Waals surface area contributed by atoms with Crippen molar-refractivity contribution in [2.24, 2.45) is 23.8 Å². The second kappa shape index (κ2) is 3.34. The second-order valence-electron chi connectivity index (χ2n) is 5.93. The highest BCUT2D eigenvalue weighted by atomic mass is 16.5. The summed E-state index contributed by atoms with van der Waals surface area (Å²) < 4.78 is 6.80. The fourth-order valence-corrected chi connectivity index (χ4v) is 2.84. The van der Waals surface area contributed by atoms with Gasteiger partial charge in [-0.15, -0.1) is 0 Å². The van der Waals surface area contributed by atoms with Gasteiger partial charge >= 0.3 is 0 Å². The molecular formula is C13H20N2O2. The van der Waals surface area contributed by atoms with Crippen LogP contribution in [0.2, 0.25) is 0 Å². The van der Waals surface area contributed by atoms with Gasteiger partial charge in [-0.1, -0.05) is 27.7 Å². The van der Waals surface area contributed by atoms with Gasteiger partial charge in [-0.3, -0.25) is 9.48 Å². The molecule has 0 aromatic carbocycles. The third-order valence-corrected chi connectivity index (χ3v) is 4.64. The van der Waals surface area contributed by atoms with E-state index in [4.69, 9.17) is 4.74 Å². The van der Waals surface area contributed by atoms with Crippen molar-refractivity contribution >= 4 is 5.78 Å². The van der Waals surface area contributed by atoms with Crippen molar-refractivity contribution in [3.8, 4) is 5.75 Å². The predicted octanol–water partition coefficient (Wildman–Crippen LogP) is 2.29. The van der Waals surface area contributed by atoms with Crippen molar-refractivity contribution in [2.75, 3.05) is 7.11 Å². The highest BCUT2D eigenvalue weighted by Gasteiger charge is 2.68. The zero-order valence-corrected chi connectivity index (χ0v) is 11.4. The Morgan fingerprint density at radius 1 is 1.35 bits per heavy atom.